The molecule has 1 aliphatic heterocycles. The summed E-state index contributed by atoms with van der Waals surface area (Å²) in [5.74, 6) is 0.910. The predicted octanol–water partition coefficient (Wildman–Crippen LogP) is 4.95. The van der Waals surface area contributed by atoms with Crippen LogP contribution in [0, 0.1) is 0 Å². The number of methoxy groups -OCH3 is 1. The number of likely N-dealkylation sites (tertiary alicyclic amines) is 1. The number of ether oxygens (including phenoxy) is 1. The van der Waals surface area contributed by atoms with Gasteiger partial charge in [0.15, 0.2) is 5.78 Å². The zero-order valence-electron chi connectivity index (χ0n) is 14.4. The van der Waals surface area contributed by atoms with Gasteiger partial charge in [-0.05, 0) is 74.0 Å². The Balaban J connectivity index is 1.74. The van der Waals surface area contributed by atoms with E-state index in [2.05, 4.69) is 26.9 Å². The monoisotopic (exact) mass is 399 g/mol. The molecule has 1 heterocycles. The third kappa shape index (κ3) is 4.80. The molecule has 4 heteroatoms. The molecule has 0 saturated carbocycles. The van der Waals surface area contributed by atoms with Gasteiger partial charge in [0, 0.05) is 22.1 Å². The average molecular weight is 400 g/mol. The molecule has 1 fully saturated rings. The number of carbonyl (C=O) groups is 1. The lowest BCUT2D eigenvalue weighted by Crippen LogP contribution is -2.18. The van der Waals surface area contributed by atoms with Crippen molar-refractivity contribution in [2.75, 3.05) is 20.2 Å². The van der Waals surface area contributed by atoms with Crippen LogP contribution in [0.2, 0.25) is 0 Å². The highest BCUT2D eigenvalue weighted by molar-refractivity contribution is 9.10. The van der Waals surface area contributed by atoms with Gasteiger partial charge < -0.3 is 4.74 Å². The summed E-state index contributed by atoms with van der Waals surface area (Å²) < 4.78 is 6.46. The molecule has 1 aliphatic rings. The average Bonchev–Trinajstić information content (AvgIpc) is 3.13. The molecule has 130 valence electrons. The Morgan fingerprint density at radius 1 is 1.16 bits per heavy atom. The molecule has 0 unspecified atom stereocenters. The summed E-state index contributed by atoms with van der Waals surface area (Å²) in [5, 5.41) is 0. The Morgan fingerprint density at radius 2 is 1.88 bits per heavy atom. The molecule has 0 spiro atoms. The molecular weight excluding hydrogens is 378 g/mol. The lowest BCUT2D eigenvalue weighted by molar-refractivity contribution is 0.104. The standard InChI is InChI=1S/C21H22BrNO2/c1-25-21-11-5-16(14-18(21)15-23-12-2-3-13-23)4-10-20(24)17-6-8-19(22)9-7-17/h4-11,14H,2-3,12-13,15H2,1H3/b10-4+. The number of benzene rings is 2. The summed E-state index contributed by atoms with van der Waals surface area (Å²) in [6, 6.07) is 13.5. The fourth-order valence-corrected chi connectivity index (χ4v) is 3.35. The number of ketones is 1. The molecular formula is C21H22BrNO2. The number of hydrogen-bond acceptors (Lipinski definition) is 3. The smallest absolute Gasteiger partial charge is 0.185 e. The number of allylic oxidation sites excluding steroid dienone is 1. The minimum atomic E-state index is 0.00408. The fraction of sp³-hybridized carbons (Fsp3) is 0.286. The second-order valence-corrected chi connectivity index (χ2v) is 7.17. The van der Waals surface area contributed by atoms with Crippen LogP contribution in [0.15, 0.2) is 53.0 Å². The summed E-state index contributed by atoms with van der Waals surface area (Å²) in [6.45, 7) is 3.18. The Hall–Kier alpha value is -1.91. The number of halogens is 1. The van der Waals surface area contributed by atoms with Crippen LogP contribution >= 0.6 is 15.9 Å². The SMILES string of the molecule is COc1ccc(/C=C/C(=O)c2ccc(Br)cc2)cc1CN1CCCC1. The van der Waals surface area contributed by atoms with E-state index < -0.39 is 0 Å². The van der Waals surface area contributed by atoms with Crippen LogP contribution in [0.1, 0.15) is 34.3 Å². The zero-order chi connectivity index (χ0) is 17.6. The van der Waals surface area contributed by atoms with E-state index in [1.165, 1.54) is 18.4 Å². The first-order valence-corrected chi connectivity index (χ1v) is 9.32. The predicted molar refractivity (Wildman–Crippen MR) is 105 cm³/mol. The number of rotatable bonds is 6. The lowest BCUT2D eigenvalue weighted by Gasteiger charge is -2.17. The van der Waals surface area contributed by atoms with E-state index in [0.29, 0.717) is 5.56 Å². The third-order valence-corrected chi connectivity index (χ3v) is 4.98. The fourth-order valence-electron chi connectivity index (χ4n) is 3.09. The summed E-state index contributed by atoms with van der Waals surface area (Å²) >= 11 is 3.38. The summed E-state index contributed by atoms with van der Waals surface area (Å²) in [7, 11) is 1.70. The van der Waals surface area contributed by atoms with Crippen LogP contribution in [-0.2, 0) is 6.54 Å². The Labute approximate surface area is 157 Å². The largest absolute Gasteiger partial charge is 0.496 e. The maximum atomic E-state index is 12.3. The van der Waals surface area contributed by atoms with Crippen molar-refractivity contribution in [3.05, 3.63) is 69.7 Å². The molecule has 0 aliphatic carbocycles. The van der Waals surface area contributed by atoms with Crippen molar-refractivity contribution < 1.29 is 9.53 Å². The van der Waals surface area contributed by atoms with Crippen LogP contribution in [0.3, 0.4) is 0 Å². The van der Waals surface area contributed by atoms with E-state index in [1.807, 2.05) is 42.5 Å². The Bertz CT molecular complexity index is 762. The van der Waals surface area contributed by atoms with Crippen molar-refractivity contribution in [2.24, 2.45) is 0 Å². The van der Waals surface area contributed by atoms with E-state index in [1.54, 1.807) is 13.2 Å². The summed E-state index contributed by atoms with van der Waals surface area (Å²) in [4.78, 5) is 14.7. The van der Waals surface area contributed by atoms with Gasteiger partial charge in [0.2, 0.25) is 0 Å². The number of carbonyl (C=O) groups excluding carboxylic acids is 1. The second-order valence-electron chi connectivity index (χ2n) is 6.26. The Morgan fingerprint density at radius 3 is 2.56 bits per heavy atom. The second kappa shape index (κ2) is 8.45. The maximum absolute atomic E-state index is 12.3. The first-order valence-electron chi connectivity index (χ1n) is 8.53. The van der Waals surface area contributed by atoms with Crippen molar-refractivity contribution in [2.45, 2.75) is 19.4 Å². The number of hydrogen-bond donors (Lipinski definition) is 0. The van der Waals surface area contributed by atoms with Crippen LogP contribution in [0.5, 0.6) is 5.75 Å². The van der Waals surface area contributed by atoms with Crippen LogP contribution in [0.4, 0.5) is 0 Å². The summed E-state index contributed by atoms with van der Waals surface area (Å²) in [6.07, 6.45) is 6.04. The van der Waals surface area contributed by atoms with Gasteiger partial charge in [0.05, 0.1) is 7.11 Å². The van der Waals surface area contributed by atoms with Gasteiger partial charge in [-0.3, -0.25) is 9.69 Å². The van der Waals surface area contributed by atoms with E-state index in [0.717, 1.165) is 35.4 Å². The van der Waals surface area contributed by atoms with Gasteiger partial charge in [-0.2, -0.15) is 0 Å². The third-order valence-electron chi connectivity index (χ3n) is 4.45. The summed E-state index contributed by atoms with van der Waals surface area (Å²) in [5.41, 5.74) is 2.87. The molecule has 3 nitrogen and oxygen atoms in total. The van der Waals surface area contributed by atoms with Crippen molar-refractivity contribution in [1.82, 2.24) is 4.90 Å². The molecule has 2 aromatic carbocycles. The van der Waals surface area contributed by atoms with Gasteiger partial charge in [-0.1, -0.05) is 28.1 Å². The topological polar surface area (TPSA) is 29.5 Å². The van der Waals surface area contributed by atoms with Gasteiger partial charge in [-0.25, -0.2) is 0 Å². The molecule has 0 bridgehead atoms. The van der Waals surface area contributed by atoms with Gasteiger partial charge in [0.25, 0.3) is 0 Å². The molecule has 2 aromatic rings. The highest BCUT2D eigenvalue weighted by atomic mass is 79.9. The lowest BCUT2D eigenvalue weighted by atomic mass is 10.1. The molecule has 3 rings (SSSR count). The van der Waals surface area contributed by atoms with Crippen molar-refractivity contribution in [3.8, 4) is 5.75 Å². The normalized spacial score (nSPS) is 15.0. The number of nitrogens with zero attached hydrogens (tertiary/aromatic N) is 1. The molecule has 0 radical (unpaired) electrons. The first-order chi connectivity index (χ1) is 12.2. The van der Waals surface area contributed by atoms with E-state index in [-0.39, 0.29) is 5.78 Å². The molecule has 0 aromatic heterocycles. The molecule has 0 amide bonds. The van der Waals surface area contributed by atoms with Crippen molar-refractivity contribution >= 4 is 27.8 Å². The molecule has 1 saturated heterocycles. The molecule has 0 atom stereocenters. The highest BCUT2D eigenvalue weighted by Gasteiger charge is 2.14. The van der Waals surface area contributed by atoms with Gasteiger partial charge in [0.1, 0.15) is 5.75 Å². The van der Waals surface area contributed by atoms with Crippen LogP contribution in [-0.4, -0.2) is 30.9 Å². The maximum Gasteiger partial charge on any atom is 0.185 e. The molecule has 0 N–H and O–H groups in total. The highest BCUT2D eigenvalue weighted by Crippen LogP contribution is 2.24. The van der Waals surface area contributed by atoms with Crippen molar-refractivity contribution in [1.29, 1.82) is 0 Å². The van der Waals surface area contributed by atoms with Gasteiger partial charge in [-0.15, -0.1) is 0 Å². The minimum Gasteiger partial charge on any atom is -0.496 e. The van der Waals surface area contributed by atoms with Crippen LogP contribution in [0.25, 0.3) is 6.08 Å². The first kappa shape index (κ1) is 17.9. The zero-order valence-corrected chi connectivity index (χ0v) is 16.0. The van der Waals surface area contributed by atoms with E-state index >= 15 is 0 Å². The quantitative estimate of drug-likeness (QED) is 0.508. The van der Waals surface area contributed by atoms with E-state index in [9.17, 15) is 4.79 Å². The van der Waals surface area contributed by atoms with Crippen LogP contribution < -0.4 is 4.74 Å². The van der Waals surface area contributed by atoms with E-state index in [4.69, 9.17) is 4.74 Å². The minimum absolute atomic E-state index is 0.00408. The van der Waals surface area contributed by atoms with Gasteiger partial charge >= 0.3 is 0 Å². The Kier molecular flexibility index (Phi) is 6.05. The molecule has 25 heavy (non-hydrogen) atoms. The van der Waals surface area contributed by atoms with Crippen molar-refractivity contribution in [3.63, 3.8) is 0 Å².